The number of carboxylic acid groups (broad SMARTS) is 1. The van der Waals surface area contributed by atoms with Gasteiger partial charge < -0.3 is 14.6 Å². The fourth-order valence-electron chi connectivity index (χ4n) is 1.77. The van der Waals surface area contributed by atoms with E-state index < -0.39 is 5.97 Å². The Balaban J connectivity index is 2.34. The van der Waals surface area contributed by atoms with Crippen molar-refractivity contribution in [1.82, 2.24) is 4.98 Å². The molecule has 1 N–H and O–H groups in total. The van der Waals surface area contributed by atoms with E-state index in [0.29, 0.717) is 11.5 Å². The molecule has 0 fully saturated rings. The molecule has 0 aliphatic heterocycles. The first-order chi connectivity index (χ1) is 10.0. The highest BCUT2D eigenvalue weighted by molar-refractivity contribution is 6.33. The number of nitrogens with zero attached hydrogens (tertiary/aromatic N) is 1. The van der Waals surface area contributed by atoms with Crippen LogP contribution in [0.15, 0.2) is 30.5 Å². The van der Waals surface area contributed by atoms with Crippen LogP contribution in [-0.2, 0) is 6.42 Å². The third-order valence-corrected chi connectivity index (χ3v) is 3.21. The van der Waals surface area contributed by atoms with Gasteiger partial charge in [-0.3, -0.25) is 0 Å². The molecule has 2 aromatic rings. The number of rotatable bonds is 5. The molecule has 0 aliphatic carbocycles. The summed E-state index contributed by atoms with van der Waals surface area (Å²) in [5, 5.41) is 9.09. The summed E-state index contributed by atoms with van der Waals surface area (Å²) in [6, 6.07) is 6.81. The second-order valence-corrected chi connectivity index (χ2v) is 4.66. The van der Waals surface area contributed by atoms with Crippen molar-refractivity contribution in [2.24, 2.45) is 0 Å². The van der Waals surface area contributed by atoms with Gasteiger partial charge >= 0.3 is 5.97 Å². The van der Waals surface area contributed by atoms with Crippen molar-refractivity contribution in [2.45, 2.75) is 13.3 Å². The summed E-state index contributed by atoms with van der Waals surface area (Å²) in [6.45, 7) is 2.04. The predicted octanol–water partition coefficient (Wildman–Crippen LogP) is 3.80. The molecule has 6 heteroatoms. The molecule has 0 radical (unpaired) electrons. The largest absolute Gasteiger partial charge is 0.493 e. The van der Waals surface area contributed by atoms with E-state index in [-0.39, 0.29) is 16.5 Å². The number of aromatic nitrogens is 1. The number of aryl methyl sites for hydroxylation is 1. The highest BCUT2D eigenvalue weighted by atomic mass is 35.5. The van der Waals surface area contributed by atoms with Gasteiger partial charge in [-0.05, 0) is 24.1 Å². The molecule has 0 aliphatic rings. The number of carbonyl (C=O) groups is 1. The van der Waals surface area contributed by atoms with Gasteiger partial charge in [0, 0.05) is 6.07 Å². The Morgan fingerprint density at radius 2 is 2.10 bits per heavy atom. The lowest BCUT2D eigenvalue weighted by Gasteiger charge is -2.11. The minimum Gasteiger partial charge on any atom is -0.493 e. The Kier molecular flexibility index (Phi) is 4.65. The molecule has 0 atom stereocenters. The molecule has 0 saturated carbocycles. The third kappa shape index (κ3) is 3.44. The Labute approximate surface area is 127 Å². The van der Waals surface area contributed by atoms with E-state index >= 15 is 0 Å². The van der Waals surface area contributed by atoms with E-state index in [1.165, 1.54) is 12.3 Å². The Morgan fingerprint density at radius 3 is 2.71 bits per heavy atom. The highest BCUT2D eigenvalue weighted by Gasteiger charge is 2.13. The van der Waals surface area contributed by atoms with E-state index in [4.69, 9.17) is 26.2 Å². The molecule has 110 valence electrons. The fourth-order valence-corrected chi connectivity index (χ4v) is 1.95. The molecule has 0 bridgehead atoms. The quantitative estimate of drug-likeness (QED) is 0.910. The van der Waals surface area contributed by atoms with E-state index in [9.17, 15) is 4.79 Å². The van der Waals surface area contributed by atoms with Crippen molar-refractivity contribution in [3.05, 3.63) is 46.6 Å². The summed E-state index contributed by atoms with van der Waals surface area (Å²) in [4.78, 5) is 15.0. The monoisotopic (exact) mass is 307 g/mol. The van der Waals surface area contributed by atoms with Crippen molar-refractivity contribution in [1.29, 1.82) is 0 Å². The Hall–Kier alpha value is -2.27. The summed E-state index contributed by atoms with van der Waals surface area (Å²) >= 11 is 5.77. The zero-order valence-electron chi connectivity index (χ0n) is 11.6. The lowest BCUT2D eigenvalue weighted by molar-refractivity contribution is 0.0696. The Morgan fingerprint density at radius 1 is 1.33 bits per heavy atom. The molecule has 0 saturated heterocycles. The van der Waals surface area contributed by atoms with Gasteiger partial charge in [-0.1, -0.05) is 24.6 Å². The van der Waals surface area contributed by atoms with Crippen molar-refractivity contribution in [3.63, 3.8) is 0 Å². The maximum atomic E-state index is 11.0. The topological polar surface area (TPSA) is 68.7 Å². The number of halogens is 1. The maximum absolute atomic E-state index is 11.0. The smallest absolute Gasteiger partial charge is 0.337 e. The minimum atomic E-state index is -1.14. The van der Waals surface area contributed by atoms with Gasteiger partial charge in [0.25, 0.3) is 0 Å². The van der Waals surface area contributed by atoms with Crippen molar-refractivity contribution < 1.29 is 19.4 Å². The van der Waals surface area contributed by atoms with Gasteiger partial charge in [0.2, 0.25) is 5.88 Å². The van der Waals surface area contributed by atoms with Crippen LogP contribution in [0.5, 0.6) is 17.4 Å². The van der Waals surface area contributed by atoms with Gasteiger partial charge in [-0.15, -0.1) is 0 Å². The number of benzene rings is 1. The van der Waals surface area contributed by atoms with Gasteiger partial charge in [0.15, 0.2) is 11.5 Å². The molecule has 1 aromatic heterocycles. The lowest BCUT2D eigenvalue weighted by atomic mass is 10.1. The number of aromatic carboxylic acids is 1. The summed E-state index contributed by atoms with van der Waals surface area (Å²) in [5.74, 6) is 0.0173. The van der Waals surface area contributed by atoms with E-state index in [2.05, 4.69) is 4.98 Å². The van der Waals surface area contributed by atoms with Crippen molar-refractivity contribution in [3.8, 4) is 17.4 Å². The van der Waals surface area contributed by atoms with Crippen molar-refractivity contribution in [2.75, 3.05) is 7.11 Å². The summed E-state index contributed by atoms with van der Waals surface area (Å²) in [5.41, 5.74) is 1.04. The van der Waals surface area contributed by atoms with Gasteiger partial charge in [-0.2, -0.15) is 0 Å². The Bertz CT molecular complexity index is 673. The van der Waals surface area contributed by atoms with E-state index in [1.807, 2.05) is 19.1 Å². The van der Waals surface area contributed by atoms with Gasteiger partial charge in [0.1, 0.15) is 0 Å². The molecule has 5 nitrogen and oxygen atoms in total. The van der Waals surface area contributed by atoms with Crippen LogP contribution in [0.4, 0.5) is 0 Å². The van der Waals surface area contributed by atoms with Crippen molar-refractivity contribution >= 4 is 17.6 Å². The predicted molar refractivity (Wildman–Crippen MR) is 78.7 cm³/mol. The average Bonchev–Trinajstić information content (AvgIpc) is 2.49. The van der Waals surface area contributed by atoms with Crippen LogP contribution in [0.2, 0.25) is 5.02 Å². The number of hydrogen-bond donors (Lipinski definition) is 1. The first-order valence-corrected chi connectivity index (χ1v) is 6.66. The average molecular weight is 308 g/mol. The van der Waals surface area contributed by atoms with Gasteiger partial charge in [-0.25, -0.2) is 9.78 Å². The highest BCUT2D eigenvalue weighted by Crippen LogP contribution is 2.32. The van der Waals surface area contributed by atoms with Crippen LogP contribution in [-0.4, -0.2) is 23.2 Å². The first-order valence-electron chi connectivity index (χ1n) is 6.28. The maximum Gasteiger partial charge on any atom is 0.337 e. The van der Waals surface area contributed by atoms with E-state index in [0.717, 1.165) is 12.0 Å². The number of methoxy groups -OCH3 is 1. The number of ether oxygens (including phenoxy) is 2. The molecule has 21 heavy (non-hydrogen) atoms. The fraction of sp³-hybridized carbons (Fsp3) is 0.200. The SMILES string of the molecule is CCc1ccc(Oc2cc(C(=O)O)c(Cl)cn2)c(OC)c1. The summed E-state index contributed by atoms with van der Waals surface area (Å²) in [6.07, 6.45) is 2.12. The van der Waals surface area contributed by atoms with Crippen LogP contribution < -0.4 is 9.47 Å². The number of pyridine rings is 1. The summed E-state index contributed by atoms with van der Waals surface area (Å²) < 4.78 is 10.9. The molecule has 0 unspecified atom stereocenters. The van der Waals surface area contributed by atoms with E-state index in [1.54, 1.807) is 13.2 Å². The third-order valence-electron chi connectivity index (χ3n) is 2.91. The molecular weight excluding hydrogens is 294 g/mol. The standard InChI is InChI=1S/C15H14ClNO4/c1-3-9-4-5-12(13(6-9)20-2)21-14-7-10(15(18)19)11(16)8-17-14/h4-8H,3H2,1-2H3,(H,18,19). The first kappa shape index (κ1) is 15.1. The molecular formula is C15H14ClNO4. The van der Waals surface area contributed by atoms with Crippen LogP contribution in [0, 0.1) is 0 Å². The summed E-state index contributed by atoms with van der Waals surface area (Å²) in [7, 11) is 1.54. The second-order valence-electron chi connectivity index (χ2n) is 4.25. The number of hydrogen-bond acceptors (Lipinski definition) is 4. The lowest BCUT2D eigenvalue weighted by Crippen LogP contribution is -2.00. The number of carboxylic acids is 1. The normalized spacial score (nSPS) is 10.2. The molecule has 1 aromatic carbocycles. The zero-order valence-corrected chi connectivity index (χ0v) is 12.3. The van der Waals surface area contributed by atoms with Gasteiger partial charge in [0.05, 0.1) is 23.9 Å². The van der Waals surface area contributed by atoms with Crippen LogP contribution >= 0.6 is 11.6 Å². The minimum absolute atomic E-state index is 0.0585. The molecule has 2 rings (SSSR count). The van der Waals surface area contributed by atoms with Crippen LogP contribution in [0.25, 0.3) is 0 Å². The molecule has 0 spiro atoms. The van der Waals surface area contributed by atoms with Crippen LogP contribution in [0.3, 0.4) is 0 Å². The second kappa shape index (κ2) is 6.45. The molecule has 1 heterocycles. The van der Waals surface area contributed by atoms with Crippen LogP contribution in [0.1, 0.15) is 22.8 Å². The zero-order chi connectivity index (χ0) is 15.4. The molecule has 0 amide bonds.